The van der Waals surface area contributed by atoms with Gasteiger partial charge in [-0.2, -0.15) is 0 Å². The molecular formula is C14H16N2OS. The number of primary amides is 1. The maximum absolute atomic E-state index is 11.1. The molecule has 1 aromatic carbocycles. The van der Waals surface area contributed by atoms with Crippen LogP contribution >= 0.6 is 11.3 Å². The Balaban J connectivity index is 2.17. The standard InChI is InChI=1S/C14H16N2OS/c1-9-6-7-18-13(9)10(2)16-12-5-3-4-11(8-12)14(15)17/h3-8,10,16H,1-2H3,(H2,15,17). The first-order chi connectivity index (χ1) is 8.58. The molecule has 2 rings (SSSR count). The SMILES string of the molecule is Cc1ccsc1C(C)Nc1cccc(C(N)=O)c1. The van der Waals surface area contributed by atoms with E-state index in [1.807, 2.05) is 12.1 Å². The molecule has 1 amide bonds. The van der Waals surface area contributed by atoms with Crippen LogP contribution in [0.15, 0.2) is 35.7 Å². The van der Waals surface area contributed by atoms with Crippen molar-refractivity contribution in [3.8, 4) is 0 Å². The van der Waals surface area contributed by atoms with Crippen molar-refractivity contribution >= 4 is 22.9 Å². The van der Waals surface area contributed by atoms with E-state index in [1.165, 1.54) is 10.4 Å². The van der Waals surface area contributed by atoms with Crippen LogP contribution in [-0.4, -0.2) is 5.91 Å². The van der Waals surface area contributed by atoms with Crippen LogP contribution in [0.3, 0.4) is 0 Å². The van der Waals surface area contributed by atoms with Crippen LogP contribution in [0.25, 0.3) is 0 Å². The lowest BCUT2D eigenvalue weighted by Gasteiger charge is -2.15. The predicted molar refractivity (Wildman–Crippen MR) is 76.1 cm³/mol. The molecule has 0 fully saturated rings. The zero-order valence-electron chi connectivity index (χ0n) is 10.4. The van der Waals surface area contributed by atoms with Crippen molar-refractivity contribution in [3.63, 3.8) is 0 Å². The molecule has 0 saturated carbocycles. The molecule has 0 aliphatic heterocycles. The lowest BCUT2D eigenvalue weighted by Crippen LogP contribution is -2.12. The molecule has 2 aromatic rings. The van der Waals surface area contributed by atoms with Crippen molar-refractivity contribution in [3.05, 3.63) is 51.7 Å². The first-order valence-corrected chi connectivity index (χ1v) is 6.66. The number of amides is 1. The van der Waals surface area contributed by atoms with Crippen molar-refractivity contribution in [1.29, 1.82) is 0 Å². The number of anilines is 1. The highest BCUT2D eigenvalue weighted by molar-refractivity contribution is 7.10. The summed E-state index contributed by atoms with van der Waals surface area (Å²) in [7, 11) is 0. The Morgan fingerprint density at radius 2 is 2.17 bits per heavy atom. The molecule has 0 aliphatic carbocycles. The maximum Gasteiger partial charge on any atom is 0.248 e. The quantitative estimate of drug-likeness (QED) is 0.886. The van der Waals surface area contributed by atoms with Crippen molar-refractivity contribution in [2.45, 2.75) is 19.9 Å². The molecule has 18 heavy (non-hydrogen) atoms. The van der Waals surface area contributed by atoms with Crippen LogP contribution in [0.2, 0.25) is 0 Å². The van der Waals surface area contributed by atoms with E-state index in [2.05, 4.69) is 30.6 Å². The van der Waals surface area contributed by atoms with Gasteiger partial charge in [0.05, 0.1) is 6.04 Å². The highest BCUT2D eigenvalue weighted by Crippen LogP contribution is 2.26. The third kappa shape index (κ3) is 2.71. The monoisotopic (exact) mass is 260 g/mol. The van der Waals surface area contributed by atoms with E-state index < -0.39 is 5.91 Å². The second kappa shape index (κ2) is 5.23. The first kappa shape index (κ1) is 12.6. The molecule has 1 atom stereocenters. The Morgan fingerprint density at radius 3 is 2.78 bits per heavy atom. The van der Waals surface area contributed by atoms with Crippen LogP contribution in [0.4, 0.5) is 5.69 Å². The molecule has 0 bridgehead atoms. The van der Waals surface area contributed by atoms with Crippen LogP contribution in [0.1, 0.15) is 33.8 Å². The normalized spacial score (nSPS) is 12.1. The van der Waals surface area contributed by atoms with Gasteiger partial charge in [0.2, 0.25) is 5.91 Å². The van der Waals surface area contributed by atoms with Crippen molar-refractivity contribution in [1.82, 2.24) is 0 Å². The van der Waals surface area contributed by atoms with Crippen LogP contribution in [0, 0.1) is 6.92 Å². The average molecular weight is 260 g/mol. The Kier molecular flexibility index (Phi) is 3.67. The van der Waals surface area contributed by atoms with E-state index in [-0.39, 0.29) is 6.04 Å². The summed E-state index contributed by atoms with van der Waals surface area (Å²) < 4.78 is 0. The molecule has 3 nitrogen and oxygen atoms in total. The fourth-order valence-corrected chi connectivity index (χ4v) is 2.84. The van der Waals surface area contributed by atoms with Gasteiger partial charge in [0.25, 0.3) is 0 Å². The minimum Gasteiger partial charge on any atom is -0.378 e. The fourth-order valence-electron chi connectivity index (χ4n) is 1.91. The van der Waals surface area contributed by atoms with Crippen molar-refractivity contribution in [2.75, 3.05) is 5.32 Å². The van der Waals surface area contributed by atoms with Crippen molar-refractivity contribution < 1.29 is 4.79 Å². The summed E-state index contributed by atoms with van der Waals surface area (Å²) in [5.41, 5.74) is 7.98. The lowest BCUT2D eigenvalue weighted by molar-refractivity contribution is 0.100. The minimum atomic E-state index is -0.404. The van der Waals surface area contributed by atoms with E-state index in [0.717, 1.165) is 5.69 Å². The van der Waals surface area contributed by atoms with Gasteiger partial charge in [-0.05, 0) is 49.1 Å². The van der Waals surface area contributed by atoms with Gasteiger partial charge < -0.3 is 11.1 Å². The van der Waals surface area contributed by atoms with Gasteiger partial charge in [-0.25, -0.2) is 0 Å². The highest BCUT2D eigenvalue weighted by Gasteiger charge is 2.10. The molecular weight excluding hydrogens is 244 g/mol. The molecule has 0 radical (unpaired) electrons. The molecule has 94 valence electrons. The Hall–Kier alpha value is -1.81. The zero-order chi connectivity index (χ0) is 13.1. The summed E-state index contributed by atoms with van der Waals surface area (Å²) in [4.78, 5) is 12.4. The van der Waals surface area contributed by atoms with Crippen LogP contribution < -0.4 is 11.1 Å². The third-order valence-electron chi connectivity index (χ3n) is 2.83. The second-order valence-corrected chi connectivity index (χ2v) is 5.23. The van der Waals surface area contributed by atoms with Gasteiger partial charge >= 0.3 is 0 Å². The zero-order valence-corrected chi connectivity index (χ0v) is 11.3. The number of thiophene rings is 1. The van der Waals surface area contributed by atoms with Gasteiger partial charge in [-0.1, -0.05) is 6.07 Å². The maximum atomic E-state index is 11.1. The van der Waals surface area contributed by atoms with Crippen molar-refractivity contribution in [2.24, 2.45) is 5.73 Å². The fraction of sp³-hybridized carbons (Fsp3) is 0.214. The minimum absolute atomic E-state index is 0.216. The van der Waals surface area contributed by atoms with E-state index in [4.69, 9.17) is 5.73 Å². The predicted octanol–water partition coefficient (Wildman–Crippen LogP) is 3.33. The number of hydrogen-bond acceptors (Lipinski definition) is 3. The summed E-state index contributed by atoms with van der Waals surface area (Å²) in [6, 6.07) is 9.59. The Bertz CT molecular complexity index is 562. The Morgan fingerprint density at radius 1 is 1.39 bits per heavy atom. The number of nitrogens with two attached hydrogens (primary N) is 1. The van der Waals surface area contributed by atoms with E-state index in [9.17, 15) is 4.79 Å². The van der Waals surface area contributed by atoms with Gasteiger partial charge in [-0.15, -0.1) is 11.3 Å². The molecule has 1 heterocycles. The molecule has 0 saturated heterocycles. The molecule has 4 heteroatoms. The van der Waals surface area contributed by atoms with Gasteiger partial charge in [-0.3, -0.25) is 4.79 Å². The molecule has 0 aliphatic rings. The lowest BCUT2D eigenvalue weighted by atomic mass is 10.1. The number of carbonyl (C=O) groups is 1. The Labute approximate surface area is 111 Å². The smallest absolute Gasteiger partial charge is 0.248 e. The highest BCUT2D eigenvalue weighted by atomic mass is 32.1. The topological polar surface area (TPSA) is 55.1 Å². The first-order valence-electron chi connectivity index (χ1n) is 5.78. The third-order valence-corrected chi connectivity index (χ3v) is 4.03. The number of rotatable bonds is 4. The van der Waals surface area contributed by atoms with E-state index in [0.29, 0.717) is 5.56 Å². The number of benzene rings is 1. The number of carbonyl (C=O) groups excluding carboxylic acids is 1. The summed E-state index contributed by atoms with van der Waals surface area (Å²) in [5.74, 6) is -0.404. The largest absolute Gasteiger partial charge is 0.378 e. The van der Waals surface area contributed by atoms with Crippen LogP contribution in [-0.2, 0) is 0 Å². The molecule has 0 spiro atoms. The number of aryl methyl sites for hydroxylation is 1. The van der Waals surface area contributed by atoms with Crippen LogP contribution in [0.5, 0.6) is 0 Å². The van der Waals surface area contributed by atoms with E-state index >= 15 is 0 Å². The van der Waals surface area contributed by atoms with Gasteiger partial charge in [0.1, 0.15) is 0 Å². The number of nitrogens with one attached hydrogen (secondary N) is 1. The number of hydrogen-bond donors (Lipinski definition) is 2. The summed E-state index contributed by atoms with van der Waals surface area (Å²) in [6.45, 7) is 4.21. The average Bonchev–Trinajstić information content (AvgIpc) is 2.76. The molecule has 1 unspecified atom stereocenters. The molecule has 3 N–H and O–H groups in total. The van der Waals surface area contributed by atoms with Gasteiger partial charge in [0.15, 0.2) is 0 Å². The molecule has 1 aromatic heterocycles. The summed E-state index contributed by atoms with van der Waals surface area (Å²) in [6.07, 6.45) is 0. The van der Waals surface area contributed by atoms with E-state index in [1.54, 1.807) is 23.5 Å². The summed E-state index contributed by atoms with van der Waals surface area (Å²) >= 11 is 1.73. The summed E-state index contributed by atoms with van der Waals surface area (Å²) in [5, 5.41) is 5.47. The second-order valence-electron chi connectivity index (χ2n) is 4.28. The van der Waals surface area contributed by atoms with Gasteiger partial charge in [0, 0.05) is 16.1 Å².